The molecule has 1 saturated heterocycles. The van der Waals surface area contributed by atoms with Crippen LogP contribution in [0.3, 0.4) is 0 Å². The molecule has 9 heteroatoms. The minimum absolute atomic E-state index is 0.160. The lowest BCUT2D eigenvalue weighted by molar-refractivity contribution is -0.137. The molecule has 0 radical (unpaired) electrons. The monoisotopic (exact) mass is 425 g/mol. The molecule has 0 aromatic heterocycles. The Morgan fingerprint density at radius 3 is 2.47 bits per heavy atom. The first-order chi connectivity index (χ1) is 14.3. The average molecular weight is 425 g/mol. The molecule has 0 aliphatic carbocycles. The fourth-order valence-corrected chi connectivity index (χ4v) is 3.29. The van der Waals surface area contributed by atoms with Gasteiger partial charge in [-0.05, 0) is 35.9 Å². The third-order valence-electron chi connectivity index (χ3n) is 4.88. The molecule has 1 aliphatic heterocycles. The van der Waals surface area contributed by atoms with E-state index in [0.29, 0.717) is 26.3 Å². The maximum absolute atomic E-state index is 13.3. The molecule has 162 valence electrons. The Hall–Kier alpha value is -2.65. The molecule has 0 spiro atoms. The van der Waals surface area contributed by atoms with E-state index in [-0.39, 0.29) is 36.5 Å². The summed E-state index contributed by atoms with van der Waals surface area (Å²) in [5.41, 5.74) is 0.296. The predicted octanol–water partition coefficient (Wildman–Crippen LogP) is 3.45. The van der Waals surface area contributed by atoms with Crippen LogP contribution in [0.5, 0.6) is 0 Å². The number of benzene rings is 2. The molecule has 1 fully saturated rings. The van der Waals surface area contributed by atoms with Crippen molar-refractivity contribution in [2.75, 3.05) is 44.7 Å². The van der Waals surface area contributed by atoms with Crippen LogP contribution in [0, 0.1) is 5.82 Å². The van der Waals surface area contributed by atoms with E-state index in [1.807, 2.05) is 0 Å². The summed E-state index contributed by atoms with van der Waals surface area (Å²) in [7, 11) is 0. The number of carbonyl (C=O) groups excluding carboxylic acids is 1. The minimum Gasteiger partial charge on any atom is -0.379 e. The van der Waals surface area contributed by atoms with Crippen LogP contribution in [0.15, 0.2) is 48.5 Å². The summed E-state index contributed by atoms with van der Waals surface area (Å²) in [6.07, 6.45) is -4.44. The van der Waals surface area contributed by atoms with Gasteiger partial charge in [0.1, 0.15) is 5.82 Å². The van der Waals surface area contributed by atoms with Crippen LogP contribution in [0.25, 0.3) is 0 Å². The zero-order chi connectivity index (χ0) is 21.6. The summed E-state index contributed by atoms with van der Waals surface area (Å²) in [6, 6.07) is 10.6. The Bertz CT molecular complexity index is 837. The molecule has 1 amide bonds. The molecule has 2 aromatic carbocycles. The Morgan fingerprint density at radius 2 is 1.80 bits per heavy atom. The highest BCUT2D eigenvalue weighted by atomic mass is 19.4. The molecule has 1 heterocycles. The highest BCUT2D eigenvalue weighted by Gasteiger charge is 2.30. The molecular weight excluding hydrogens is 402 g/mol. The van der Waals surface area contributed by atoms with Crippen molar-refractivity contribution in [3.05, 3.63) is 65.5 Å². The summed E-state index contributed by atoms with van der Waals surface area (Å²) in [5, 5.41) is 5.52. The van der Waals surface area contributed by atoms with Gasteiger partial charge in [-0.2, -0.15) is 13.2 Å². The number of halogens is 4. The lowest BCUT2D eigenvalue weighted by Crippen LogP contribution is -2.44. The molecule has 1 unspecified atom stereocenters. The quantitative estimate of drug-likeness (QED) is 0.668. The lowest BCUT2D eigenvalue weighted by atomic mass is 10.0. The van der Waals surface area contributed by atoms with Crippen molar-refractivity contribution in [1.82, 2.24) is 10.2 Å². The maximum atomic E-state index is 13.3. The number of alkyl halides is 3. The van der Waals surface area contributed by atoms with Gasteiger partial charge in [0.25, 0.3) is 0 Å². The van der Waals surface area contributed by atoms with Gasteiger partial charge in [-0.15, -0.1) is 0 Å². The number of carbonyl (C=O) groups is 1. The number of hydrogen-bond donors (Lipinski definition) is 2. The van der Waals surface area contributed by atoms with Gasteiger partial charge in [0, 0.05) is 25.3 Å². The standard InChI is InChI=1S/C21H23F4N3O2/c22-17-6-4-15(5-7-17)19(28-8-10-30-11-9-28)13-27-20(29)14-26-18-3-1-2-16(12-18)21(23,24)25/h1-7,12,19,26H,8-11,13-14H2,(H,27,29). The summed E-state index contributed by atoms with van der Waals surface area (Å²) in [4.78, 5) is 14.4. The van der Waals surface area contributed by atoms with Gasteiger partial charge < -0.3 is 15.4 Å². The Balaban J connectivity index is 1.58. The number of morpholine rings is 1. The summed E-state index contributed by atoms with van der Waals surface area (Å²) in [6.45, 7) is 2.63. The molecule has 0 bridgehead atoms. The van der Waals surface area contributed by atoms with Gasteiger partial charge in [0.05, 0.1) is 31.4 Å². The number of anilines is 1. The summed E-state index contributed by atoms with van der Waals surface area (Å²) in [5.74, 6) is -0.693. The molecular formula is C21H23F4N3O2. The second kappa shape index (κ2) is 9.90. The smallest absolute Gasteiger partial charge is 0.379 e. The van der Waals surface area contributed by atoms with E-state index in [1.165, 1.54) is 24.3 Å². The van der Waals surface area contributed by atoms with Gasteiger partial charge >= 0.3 is 6.18 Å². The highest BCUT2D eigenvalue weighted by molar-refractivity contribution is 5.80. The fraction of sp³-hybridized carbons (Fsp3) is 0.381. The molecule has 2 N–H and O–H groups in total. The average Bonchev–Trinajstić information content (AvgIpc) is 2.74. The van der Waals surface area contributed by atoms with E-state index < -0.39 is 11.7 Å². The van der Waals surface area contributed by atoms with Gasteiger partial charge in [-0.25, -0.2) is 4.39 Å². The SMILES string of the molecule is O=C(CNc1cccc(C(F)(F)F)c1)NCC(c1ccc(F)cc1)N1CCOCC1. The van der Waals surface area contributed by atoms with Crippen LogP contribution in [-0.4, -0.2) is 50.2 Å². The van der Waals surface area contributed by atoms with Crippen LogP contribution in [0.1, 0.15) is 17.2 Å². The van der Waals surface area contributed by atoms with Crippen molar-refractivity contribution in [2.45, 2.75) is 12.2 Å². The normalized spacial score (nSPS) is 16.1. The molecule has 0 saturated carbocycles. The lowest BCUT2D eigenvalue weighted by Gasteiger charge is -2.35. The molecule has 1 atom stereocenters. The number of nitrogens with one attached hydrogen (secondary N) is 2. The van der Waals surface area contributed by atoms with Crippen molar-refractivity contribution < 1.29 is 27.1 Å². The first-order valence-electron chi connectivity index (χ1n) is 9.58. The second-order valence-electron chi connectivity index (χ2n) is 6.95. The first kappa shape index (κ1) is 22.0. The van der Waals surface area contributed by atoms with Crippen LogP contribution in [0.2, 0.25) is 0 Å². The summed E-state index contributed by atoms with van der Waals surface area (Å²) < 4.78 is 57.0. The number of amides is 1. The molecule has 2 aromatic rings. The zero-order valence-corrected chi connectivity index (χ0v) is 16.2. The van der Waals surface area contributed by atoms with Crippen LogP contribution in [-0.2, 0) is 15.7 Å². The molecule has 3 rings (SSSR count). The fourth-order valence-electron chi connectivity index (χ4n) is 3.29. The molecule has 1 aliphatic rings. The second-order valence-corrected chi connectivity index (χ2v) is 6.95. The zero-order valence-electron chi connectivity index (χ0n) is 16.2. The van der Waals surface area contributed by atoms with Gasteiger partial charge in [-0.3, -0.25) is 9.69 Å². The minimum atomic E-state index is -4.44. The van der Waals surface area contributed by atoms with E-state index >= 15 is 0 Å². The first-order valence-corrected chi connectivity index (χ1v) is 9.58. The van der Waals surface area contributed by atoms with Crippen molar-refractivity contribution in [2.24, 2.45) is 0 Å². The number of hydrogen-bond acceptors (Lipinski definition) is 4. The van der Waals surface area contributed by atoms with E-state index in [0.717, 1.165) is 17.7 Å². The topological polar surface area (TPSA) is 53.6 Å². The van der Waals surface area contributed by atoms with Gasteiger partial charge in [0.15, 0.2) is 0 Å². The van der Waals surface area contributed by atoms with Crippen molar-refractivity contribution in [3.63, 3.8) is 0 Å². The summed E-state index contributed by atoms with van der Waals surface area (Å²) >= 11 is 0. The largest absolute Gasteiger partial charge is 0.416 e. The number of rotatable bonds is 7. The third kappa shape index (κ3) is 6.17. The van der Waals surface area contributed by atoms with E-state index in [2.05, 4.69) is 15.5 Å². The van der Waals surface area contributed by atoms with Crippen LogP contribution in [0.4, 0.5) is 23.2 Å². The molecule has 5 nitrogen and oxygen atoms in total. The predicted molar refractivity (Wildman–Crippen MR) is 104 cm³/mol. The Labute approximate surface area is 172 Å². The van der Waals surface area contributed by atoms with Crippen LogP contribution >= 0.6 is 0 Å². The number of ether oxygens (including phenoxy) is 1. The Morgan fingerprint density at radius 1 is 1.10 bits per heavy atom. The van der Waals surface area contributed by atoms with Gasteiger partial charge in [-0.1, -0.05) is 18.2 Å². The van der Waals surface area contributed by atoms with Crippen molar-refractivity contribution in [3.8, 4) is 0 Å². The van der Waals surface area contributed by atoms with E-state index in [9.17, 15) is 22.4 Å². The van der Waals surface area contributed by atoms with E-state index in [1.54, 1.807) is 12.1 Å². The maximum Gasteiger partial charge on any atom is 0.416 e. The van der Waals surface area contributed by atoms with Crippen molar-refractivity contribution >= 4 is 11.6 Å². The molecule has 30 heavy (non-hydrogen) atoms. The van der Waals surface area contributed by atoms with E-state index in [4.69, 9.17) is 4.74 Å². The number of nitrogens with zero attached hydrogens (tertiary/aromatic N) is 1. The van der Waals surface area contributed by atoms with Crippen LogP contribution < -0.4 is 10.6 Å². The highest BCUT2D eigenvalue weighted by Crippen LogP contribution is 2.30. The van der Waals surface area contributed by atoms with Gasteiger partial charge in [0.2, 0.25) is 5.91 Å². The van der Waals surface area contributed by atoms with Crippen molar-refractivity contribution in [1.29, 1.82) is 0 Å². The Kier molecular flexibility index (Phi) is 7.28. The third-order valence-corrected chi connectivity index (χ3v) is 4.88.